The normalized spacial score (nSPS) is 28.0. The Bertz CT molecular complexity index is 1120. The summed E-state index contributed by atoms with van der Waals surface area (Å²) in [5.41, 5.74) is 2.78. The van der Waals surface area contributed by atoms with Gasteiger partial charge in [-0.2, -0.15) is 0 Å². The topological polar surface area (TPSA) is 21.3 Å². The molecular formula is C30H34Cl2NO-. The minimum Gasteiger partial charge on any atom is -1.00 e. The van der Waals surface area contributed by atoms with Crippen LogP contribution in [0.25, 0.3) is 10.8 Å². The van der Waals surface area contributed by atoms with Gasteiger partial charge in [0.25, 0.3) is 0 Å². The van der Waals surface area contributed by atoms with E-state index in [0.29, 0.717) is 18.1 Å². The third-order valence-corrected chi connectivity index (χ3v) is 9.30. The first-order valence-corrected chi connectivity index (χ1v) is 13.1. The monoisotopic (exact) mass is 494 g/mol. The number of hydrogen-bond donors (Lipinski definition) is 1. The molecule has 4 bridgehead atoms. The molecule has 180 valence electrons. The van der Waals surface area contributed by atoms with E-state index in [1.165, 1.54) is 54.9 Å². The number of fused-ring (bicyclic) bond motifs is 1. The molecule has 0 aliphatic heterocycles. The Morgan fingerprint density at radius 3 is 2.26 bits per heavy atom. The van der Waals surface area contributed by atoms with Gasteiger partial charge in [-0.3, -0.25) is 0 Å². The molecule has 4 saturated carbocycles. The second kappa shape index (κ2) is 9.72. The molecule has 4 fully saturated rings. The van der Waals surface area contributed by atoms with Gasteiger partial charge in [-0.1, -0.05) is 60.1 Å². The number of benzene rings is 3. The number of halogens is 2. The van der Waals surface area contributed by atoms with Crippen molar-refractivity contribution >= 4 is 22.4 Å². The number of ether oxygens (including phenoxy) is 1. The van der Waals surface area contributed by atoms with Crippen molar-refractivity contribution in [2.45, 2.75) is 64.6 Å². The highest BCUT2D eigenvalue weighted by Crippen LogP contribution is 2.61. The lowest BCUT2D eigenvalue weighted by molar-refractivity contribution is -0.0706. The van der Waals surface area contributed by atoms with Crippen molar-refractivity contribution in [2.75, 3.05) is 0 Å². The van der Waals surface area contributed by atoms with Crippen LogP contribution in [0.3, 0.4) is 0 Å². The van der Waals surface area contributed by atoms with Gasteiger partial charge >= 0.3 is 0 Å². The predicted octanol–water partition coefficient (Wildman–Crippen LogP) is 4.77. The van der Waals surface area contributed by atoms with Crippen molar-refractivity contribution < 1.29 is 17.1 Å². The van der Waals surface area contributed by atoms with Crippen molar-refractivity contribution in [1.29, 1.82) is 0 Å². The molecule has 0 heterocycles. The Balaban J connectivity index is 0.00000241. The molecule has 34 heavy (non-hydrogen) atoms. The second-order valence-electron chi connectivity index (χ2n) is 11.0. The van der Waals surface area contributed by atoms with E-state index < -0.39 is 0 Å². The van der Waals surface area contributed by atoms with Crippen LogP contribution in [0.15, 0.2) is 60.7 Å². The largest absolute Gasteiger partial charge is 1.00 e. The molecule has 1 N–H and O–H groups in total. The highest BCUT2D eigenvalue weighted by Gasteiger charge is 2.52. The molecule has 4 heteroatoms. The maximum absolute atomic E-state index is 6.39. The summed E-state index contributed by atoms with van der Waals surface area (Å²) >= 11 is 6.39. The molecule has 3 aromatic rings. The highest BCUT2D eigenvalue weighted by atomic mass is 35.5. The maximum Gasteiger partial charge on any atom is 0.124 e. The van der Waals surface area contributed by atoms with E-state index in [4.69, 9.17) is 16.3 Å². The lowest BCUT2D eigenvalue weighted by atomic mass is 9.48. The van der Waals surface area contributed by atoms with Crippen LogP contribution in [-0.2, 0) is 13.2 Å². The molecule has 0 amide bonds. The Labute approximate surface area is 214 Å². The van der Waals surface area contributed by atoms with Gasteiger partial charge in [0.15, 0.2) is 0 Å². The molecule has 0 radical (unpaired) electrons. The third kappa shape index (κ3) is 4.45. The van der Waals surface area contributed by atoms with Gasteiger partial charge in [-0.25, -0.2) is 0 Å². The average molecular weight is 496 g/mol. The van der Waals surface area contributed by atoms with E-state index in [1.54, 1.807) is 0 Å². The smallest absolute Gasteiger partial charge is 0.124 e. The average Bonchev–Trinajstić information content (AvgIpc) is 2.81. The maximum atomic E-state index is 6.39. The fourth-order valence-corrected chi connectivity index (χ4v) is 7.77. The van der Waals surface area contributed by atoms with E-state index in [1.807, 2.05) is 24.3 Å². The summed E-state index contributed by atoms with van der Waals surface area (Å²) in [5.74, 6) is 3.89. The molecule has 3 aromatic carbocycles. The van der Waals surface area contributed by atoms with Gasteiger partial charge in [-0.05, 0) is 91.5 Å². The molecule has 0 spiro atoms. The fraction of sp³-hybridized carbons (Fsp3) is 0.467. The molecule has 0 aromatic heterocycles. The summed E-state index contributed by atoms with van der Waals surface area (Å²) in [4.78, 5) is 0. The van der Waals surface area contributed by atoms with Gasteiger partial charge in [0.05, 0.1) is 0 Å². The lowest BCUT2D eigenvalue weighted by Gasteiger charge is -2.59. The van der Waals surface area contributed by atoms with Crippen LogP contribution in [0.5, 0.6) is 5.75 Å². The summed E-state index contributed by atoms with van der Waals surface area (Å²) in [5, 5.41) is 7.29. The molecular weight excluding hydrogens is 461 g/mol. The highest BCUT2D eigenvalue weighted by molar-refractivity contribution is 6.31. The molecule has 4 aliphatic rings. The quantitative estimate of drug-likeness (QED) is 0.510. The summed E-state index contributed by atoms with van der Waals surface area (Å²) in [6.07, 6.45) is 8.77. The van der Waals surface area contributed by atoms with Gasteiger partial charge in [0.2, 0.25) is 0 Å². The van der Waals surface area contributed by atoms with Crippen LogP contribution in [0.2, 0.25) is 5.02 Å². The van der Waals surface area contributed by atoms with Gasteiger partial charge < -0.3 is 22.5 Å². The zero-order valence-electron chi connectivity index (χ0n) is 19.9. The second-order valence-corrected chi connectivity index (χ2v) is 11.4. The Morgan fingerprint density at radius 2 is 1.56 bits per heavy atom. The molecule has 0 saturated heterocycles. The first-order valence-electron chi connectivity index (χ1n) is 12.7. The minimum absolute atomic E-state index is 0. The van der Waals surface area contributed by atoms with Crippen LogP contribution in [-0.4, -0.2) is 6.04 Å². The summed E-state index contributed by atoms with van der Waals surface area (Å²) in [7, 11) is 0. The van der Waals surface area contributed by atoms with Crippen molar-refractivity contribution in [3.05, 3.63) is 76.8 Å². The summed E-state index contributed by atoms with van der Waals surface area (Å²) < 4.78 is 6.37. The van der Waals surface area contributed by atoms with Crippen LogP contribution in [0.1, 0.15) is 56.6 Å². The number of hydrogen-bond acceptors (Lipinski definition) is 2. The van der Waals surface area contributed by atoms with Gasteiger partial charge in [0.1, 0.15) is 12.4 Å². The Kier molecular flexibility index (Phi) is 6.86. The van der Waals surface area contributed by atoms with E-state index in [9.17, 15) is 0 Å². The van der Waals surface area contributed by atoms with Gasteiger partial charge in [0, 0.05) is 28.7 Å². The molecule has 1 unspecified atom stereocenters. The first-order chi connectivity index (χ1) is 16.1. The minimum atomic E-state index is 0. The van der Waals surface area contributed by atoms with Gasteiger partial charge in [-0.15, -0.1) is 0 Å². The summed E-state index contributed by atoms with van der Waals surface area (Å²) in [6.45, 7) is 3.76. The van der Waals surface area contributed by atoms with Crippen molar-refractivity contribution in [3.8, 4) is 5.75 Å². The first kappa shape index (κ1) is 24.0. The molecule has 1 atom stereocenters. The van der Waals surface area contributed by atoms with Crippen LogP contribution >= 0.6 is 11.6 Å². The molecule has 4 aliphatic carbocycles. The van der Waals surface area contributed by atoms with Crippen LogP contribution in [0, 0.1) is 23.2 Å². The molecule has 2 nitrogen and oxygen atoms in total. The number of rotatable bonds is 7. The van der Waals surface area contributed by atoms with Crippen LogP contribution in [0.4, 0.5) is 0 Å². The summed E-state index contributed by atoms with van der Waals surface area (Å²) in [6, 6.07) is 21.4. The zero-order valence-corrected chi connectivity index (χ0v) is 21.4. The molecule has 7 rings (SSSR count). The van der Waals surface area contributed by atoms with Crippen molar-refractivity contribution in [2.24, 2.45) is 23.2 Å². The van der Waals surface area contributed by atoms with E-state index in [0.717, 1.165) is 40.6 Å². The third-order valence-electron chi connectivity index (χ3n) is 8.93. The lowest BCUT2D eigenvalue weighted by Crippen LogP contribution is -3.00. The Hall–Kier alpha value is -1.74. The SMILES string of the molecule is CC(NCc1c(OCc2ccccc2Cl)ccc2ccccc12)C12CC3CC(CC(C3)C1)C2.[Cl-]. The van der Waals surface area contributed by atoms with Crippen molar-refractivity contribution in [1.82, 2.24) is 5.32 Å². The van der Waals surface area contributed by atoms with E-state index in [2.05, 4.69) is 48.6 Å². The fourth-order valence-electron chi connectivity index (χ4n) is 7.58. The van der Waals surface area contributed by atoms with Crippen LogP contribution < -0.4 is 22.5 Å². The van der Waals surface area contributed by atoms with Crippen molar-refractivity contribution in [3.63, 3.8) is 0 Å². The zero-order chi connectivity index (χ0) is 22.4. The predicted molar refractivity (Wildman–Crippen MR) is 137 cm³/mol. The Morgan fingerprint density at radius 1 is 0.912 bits per heavy atom. The van der Waals surface area contributed by atoms with E-state index >= 15 is 0 Å². The number of nitrogens with one attached hydrogen (secondary N) is 1. The van der Waals surface area contributed by atoms with E-state index in [-0.39, 0.29) is 12.4 Å². The standard InChI is InChI=1S/C30H34ClNO.ClH/c1-20(30-15-21-12-22(16-30)14-23(13-21)17-30)32-18-27-26-8-4-2-6-24(26)10-11-29(27)33-19-25-7-3-5-9-28(25)31;/h2-11,20-23,32H,12-19H2,1H3;1H/p-1.